The van der Waals surface area contributed by atoms with E-state index in [1.165, 1.54) is 11.0 Å². The molecule has 2 fully saturated rings. The summed E-state index contributed by atoms with van der Waals surface area (Å²) in [5.74, 6) is -1.72. The first-order valence-corrected chi connectivity index (χ1v) is 5.76. The van der Waals surface area contributed by atoms with Gasteiger partial charge in [0.05, 0.1) is 19.6 Å². The van der Waals surface area contributed by atoms with E-state index >= 15 is 0 Å². The van der Waals surface area contributed by atoms with Crippen molar-refractivity contribution in [2.75, 3.05) is 7.11 Å². The summed E-state index contributed by atoms with van der Waals surface area (Å²) >= 11 is 0. The summed E-state index contributed by atoms with van der Waals surface area (Å²) in [6, 6.07) is 0. The highest BCUT2D eigenvalue weighted by Gasteiger charge is 2.63. The van der Waals surface area contributed by atoms with Crippen LogP contribution in [0.25, 0.3) is 0 Å². The molecule has 0 aliphatic carbocycles. The number of amides is 1. The monoisotopic (exact) mass is 283 g/mol. The van der Waals surface area contributed by atoms with E-state index in [1.807, 2.05) is 0 Å². The molecule has 2 aliphatic rings. The van der Waals surface area contributed by atoms with Crippen LogP contribution in [0.1, 0.15) is 12.8 Å². The average molecular weight is 283 g/mol. The first-order valence-electron chi connectivity index (χ1n) is 5.76. The quantitative estimate of drug-likeness (QED) is 0.349. The van der Waals surface area contributed by atoms with Crippen LogP contribution in [0.3, 0.4) is 0 Å². The van der Waals surface area contributed by atoms with Crippen molar-refractivity contribution in [3.8, 4) is 0 Å². The Kier molecular flexibility index (Phi) is 3.39. The molecule has 0 aromatic heterocycles. The number of methoxy groups -OCH3 is 1. The van der Waals surface area contributed by atoms with Gasteiger partial charge in [0.25, 0.3) is 5.72 Å². The number of carbonyl (C=O) groups excluding carboxylic acids is 2. The lowest BCUT2D eigenvalue weighted by Gasteiger charge is -2.41. The van der Waals surface area contributed by atoms with Crippen molar-refractivity contribution in [3.05, 3.63) is 24.5 Å². The van der Waals surface area contributed by atoms with Crippen LogP contribution in [0.15, 0.2) is 24.5 Å². The first kappa shape index (κ1) is 13.9. The summed E-state index contributed by atoms with van der Waals surface area (Å²) in [4.78, 5) is 35.2. The number of hydrogen-bond acceptors (Lipinski definition) is 6. The Morgan fingerprint density at radius 3 is 2.85 bits per heavy atom. The number of ether oxygens (including phenoxy) is 3. The van der Waals surface area contributed by atoms with Gasteiger partial charge in [0, 0.05) is 6.42 Å². The number of β-lactam (4-membered cyclic amide) rings is 1. The molecule has 1 unspecified atom stereocenters. The molecule has 0 saturated carbocycles. The zero-order valence-corrected chi connectivity index (χ0v) is 10.7. The van der Waals surface area contributed by atoms with Gasteiger partial charge in [0.15, 0.2) is 12.0 Å². The maximum atomic E-state index is 11.7. The molecule has 2 aliphatic heterocycles. The summed E-state index contributed by atoms with van der Waals surface area (Å²) in [6.45, 7) is 3.52. The predicted octanol–water partition coefficient (Wildman–Crippen LogP) is 0.599. The average Bonchev–Trinajstić information content (AvgIpc) is 2.57. The van der Waals surface area contributed by atoms with Gasteiger partial charge in [-0.2, -0.15) is 0 Å². The summed E-state index contributed by atoms with van der Waals surface area (Å²) < 4.78 is 14.9. The first-order chi connectivity index (χ1) is 9.44. The second kappa shape index (κ2) is 4.87. The van der Waals surface area contributed by atoms with Crippen molar-refractivity contribution in [2.24, 2.45) is 0 Å². The Balaban J connectivity index is 2.45. The fourth-order valence-electron chi connectivity index (χ4n) is 2.25. The number of hydrogen-bond donors (Lipinski definition) is 1. The van der Waals surface area contributed by atoms with Crippen molar-refractivity contribution in [2.45, 2.75) is 24.8 Å². The van der Waals surface area contributed by atoms with Crippen molar-refractivity contribution < 1.29 is 33.7 Å². The lowest BCUT2D eigenvalue weighted by atomic mass is 10.0. The lowest BCUT2D eigenvalue weighted by Crippen LogP contribution is -2.60. The highest BCUT2D eigenvalue weighted by atomic mass is 16.7. The van der Waals surface area contributed by atoms with Crippen LogP contribution in [0.5, 0.6) is 0 Å². The van der Waals surface area contributed by atoms with Crippen LogP contribution in [-0.2, 0) is 23.8 Å². The number of nitrogens with zero attached hydrogens (tertiary/aromatic N) is 1. The second-order valence-corrected chi connectivity index (χ2v) is 4.22. The summed E-state index contributed by atoms with van der Waals surface area (Å²) in [7, 11) is 1.11. The van der Waals surface area contributed by atoms with Gasteiger partial charge in [-0.15, -0.1) is 6.58 Å². The topological polar surface area (TPSA) is 102 Å². The molecular weight excluding hydrogens is 270 g/mol. The van der Waals surface area contributed by atoms with Crippen molar-refractivity contribution in [3.63, 3.8) is 0 Å². The minimum atomic E-state index is -1.65. The minimum absolute atomic E-state index is 0.0105. The lowest BCUT2D eigenvalue weighted by molar-refractivity contribution is -0.179. The smallest absolute Gasteiger partial charge is 0.478 e. The number of carbonyl (C=O) groups is 3. The molecule has 0 aromatic carbocycles. The Morgan fingerprint density at radius 1 is 1.65 bits per heavy atom. The maximum Gasteiger partial charge on any atom is 0.510 e. The van der Waals surface area contributed by atoms with E-state index in [9.17, 15) is 14.4 Å². The molecule has 108 valence electrons. The van der Waals surface area contributed by atoms with E-state index < -0.39 is 24.1 Å². The molecule has 1 N–H and O–H groups in total. The van der Waals surface area contributed by atoms with Gasteiger partial charge >= 0.3 is 12.1 Å². The van der Waals surface area contributed by atoms with Crippen molar-refractivity contribution in [1.82, 2.24) is 4.90 Å². The highest BCUT2D eigenvalue weighted by Crippen LogP contribution is 2.47. The van der Waals surface area contributed by atoms with Gasteiger partial charge in [0.2, 0.25) is 5.91 Å². The van der Waals surface area contributed by atoms with Crippen molar-refractivity contribution >= 4 is 18.0 Å². The Hall–Kier alpha value is -2.51. The van der Waals surface area contributed by atoms with E-state index in [1.54, 1.807) is 0 Å². The fraction of sp³-hybridized carbons (Fsp3) is 0.417. The highest BCUT2D eigenvalue weighted by molar-refractivity contribution is 5.86. The summed E-state index contributed by atoms with van der Waals surface area (Å²) in [5.41, 5.74) is -1.65. The molecular formula is C12H13NO7. The molecule has 0 aromatic rings. The molecule has 2 rings (SSSR count). The zero-order chi connectivity index (χ0) is 14.9. The van der Waals surface area contributed by atoms with Crippen LogP contribution in [0.4, 0.5) is 4.79 Å². The van der Waals surface area contributed by atoms with Gasteiger partial charge in [-0.3, -0.25) is 9.69 Å². The fourth-order valence-corrected chi connectivity index (χ4v) is 2.25. The Labute approximate surface area is 114 Å². The third-order valence-corrected chi connectivity index (χ3v) is 3.04. The molecule has 2 saturated heterocycles. The zero-order valence-electron chi connectivity index (χ0n) is 10.7. The molecule has 0 radical (unpaired) electrons. The van der Waals surface area contributed by atoms with Gasteiger partial charge in [-0.1, -0.05) is 6.08 Å². The SMILES string of the molecule is C=CCC1(OC(=O)OC)C(=CC(=O)O)O[C@@H]2CC(=O)N21. The molecule has 1 amide bonds. The number of carboxylic acid groups (broad SMARTS) is 1. The van der Waals surface area contributed by atoms with Crippen LogP contribution >= 0.6 is 0 Å². The third-order valence-electron chi connectivity index (χ3n) is 3.04. The van der Waals surface area contributed by atoms with Gasteiger partial charge in [-0.25, -0.2) is 9.59 Å². The predicted molar refractivity (Wildman–Crippen MR) is 63.1 cm³/mol. The molecule has 8 nitrogen and oxygen atoms in total. The molecule has 0 bridgehead atoms. The number of rotatable bonds is 4. The molecule has 2 atom stereocenters. The van der Waals surface area contributed by atoms with Crippen LogP contribution in [0.2, 0.25) is 0 Å². The van der Waals surface area contributed by atoms with E-state index in [2.05, 4.69) is 11.3 Å². The molecule has 20 heavy (non-hydrogen) atoms. The standard InChI is InChI=1S/C12H13NO7/c1-3-4-12(20-11(17)18-2)7(5-10(15)16)19-9-6-8(14)13(9)12/h3,5,9H,1,4,6H2,2H3,(H,15,16)/t9-,12?/m1/s1. The molecule has 0 spiro atoms. The largest absolute Gasteiger partial charge is 0.510 e. The van der Waals surface area contributed by atoms with Gasteiger partial charge in [-0.05, 0) is 0 Å². The number of carboxylic acids is 1. The van der Waals surface area contributed by atoms with Crippen LogP contribution < -0.4 is 0 Å². The third kappa shape index (κ3) is 1.98. The normalized spacial score (nSPS) is 29.2. The second-order valence-electron chi connectivity index (χ2n) is 4.22. The van der Waals surface area contributed by atoms with E-state index in [4.69, 9.17) is 14.6 Å². The summed E-state index contributed by atoms with van der Waals surface area (Å²) in [6.07, 6.45) is 0.558. The molecule has 8 heteroatoms. The van der Waals surface area contributed by atoms with Gasteiger partial charge in [0.1, 0.15) is 0 Å². The van der Waals surface area contributed by atoms with Crippen LogP contribution in [0, 0.1) is 0 Å². The Morgan fingerprint density at radius 2 is 2.35 bits per heavy atom. The number of aliphatic carboxylic acids is 1. The van der Waals surface area contributed by atoms with Crippen LogP contribution in [-0.4, -0.2) is 47.1 Å². The van der Waals surface area contributed by atoms with E-state index in [0.717, 1.165) is 13.2 Å². The molecule has 2 heterocycles. The minimum Gasteiger partial charge on any atom is -0.478 e. The van der Waals surface area contributed by atoms with E-state index in [0.29, 0.717) is 0 Å². The Bertz CT molecular complexity index is 512. The van der Waals surface area contributed by atoms with Gasteiger partial charge < -0.3 is 19.3 Å². The van der Waals surface area contributed by atoms with E-state index in [-0.39, 0.29) is 24.5 Å². The summed E-state index contributed by atoms with van der Waals surface area (Å²) in [5, 5.41) is 8.87. The number of fused-ring (bicyclic) bond motifs is 1. The maximum absolute atomic E-state index is 11.7. The van der Waals surface area contributed by atoms with Crippen molar-refractivity contribution in [1.29, 1.82) is 0 Å².